The summed E-state index contributed by atoms with van der Waals surface area (Å²) < 4.78 is 45.5. The molecule has 1 aromatic heterocycles. The summed E-state index contributed by atoms with van der Waals surface area (Å²) in [5.74, 6) is 0.119. The Morgan fingerprint density at radius 1 is 1.26 bits per heavy atom. The fourth-order valence-corrected chi connectivity index (χ4v) is 4.36. The topological polar surface area (TPSA) is 102 Å². The monoisotopic (exact) mass is 489 g/mol. The number of nitrogens with one attached hydrogen (secondary N) is 1. The van der Waals surface area contributed by atoms with Crippen molar-refractivity contribution in [2.24, 2.45) is 0 Å². The van der Waals surface area contributed by atoms with E-state index in [1.165, 1.54) is 11.0 Å². The molecular weight excluding hydrogens is 463 g/mol. The van der Waals surface area contributed by atoms with Crippen LogP contribution in [0.4, 0.5) is 18.9 Å². The van der Waals surface area contributed by atoms with Gasteiger partial charge in [0.2, 0.25) is 11.8 Å². The van der Waals surface area contributed by atoms with Crippen LogP contribution in [-0.2, 0) is 22.2 Å². The lowest BCUT2D eigenvalue weighted by Crippen LogP contribution is -2.61. The number of anilines is 1. The van der Waals surface area contributed by atoms with E-state index in [1.54, 1.807) is 24.8 Å². The lowest BCUT2D eigenvalue weighted by molar-refractivity contribution is -0.141. The molecule has 35 heavy (non-hydrogen) atoms. The van der Waals surface area contributed by atoms with Crippen molar-refractivity contribution in [1.82, 2.24) is 15.4 Å². The summed E-state index contributed by atoms with van der Waals surface area (Å²) in [6, 6.07) is 4.32. The van der Waals surface area contributed by atoms with Crippen LogP contribution in [0.2, 0.25) is 0 Å². The number of hydrogen-bond donors (Lipinski definition) is 1. The molecule has 2 fully saturated rings. The van der Waals surface area contributed by atoms with Crippen molar-refractivity contribution in [2.75, 3.05) is 24.5 Å². The summed E-state index contributed by atoms with van der Waals surface area (Å²) in [7, 11) is 0. The third-order valence-electron chi connectivity index (χ3n) is 6.49. The number of carbonyl (C=O) groups excluding carboxylic acids is 2. The molecule has 1 saturated carbocycles. The van der Waals surface area contributed by atoms with Gasteiger partial charge >= 0.3 is 6.18 Å². The van der Waals surface area contributed by atoms with Gasteiger partial charge in [-0.25, -0.2) is 0 Å². The van der Waals surface area contributed by atoms with Gasteiger partial charge in [-0.15, -0.1) is 0 Å². The molecule has 8 nitrogen and oxygen atoms in total. The first-order chi connectivity index (χ1) is 16.6. The highest BCUT2D eigenvalue weighted by Gasteiger charge is 2.39. The molecule has 1 aliphatic heterocycles. The van der Waals surface area contributed by atoms with Gasteiger partial charge in [0.25, 0.3) is 0 Å². The molecule has 2 aliphatic rings. The summed E-state index contributed by atoms with van der Waals surface area (Å²) in [4.78, 5) is 29.3. The average molecular weight is 489 g/mol. The predicted octanol–water partition coefficient (Wildman–Crippen LogP) is 3.11. The second-order valence-corrected chi connectivity index (χ2v) is 8.97. The van der Waals surface area contributed by atoms with E-state index < -0.39 is 23.3 Å². The van der Waals surface area contributed by atoms with Gasteiger partial charge < -0.3 is 19.6 Å². The van der Waals surface area contributed by atoms with E-state index in [9.17, 15) is 22.8 Å². The van der Waals surface area contributed by atoms with E-state index in [2.05, 4.69) is 10.5 Å². The minimum atomic E-state index is -4.68. The highest BCUT2D eigenvalue weighted by Crippen LogP contribution is 2.35. The van der Waals surface area contributed by atoms with Crippen LogP contribution in [-0.4, -0.2) is 53.6 Å². The minimum Gasteiger partial charge on any atom is -0.367 e. The zero-order chi connectivity index (χ0) is 25.3. The van der Waals surface area contributed by atoms with Crippen molar-refractivity contribution in [3.63, 3.8) is 0 Å². The smallest absolute Gasteiger partial charge is 0.367 e. The van der Waals surface area contributed by atoms with Gasteiger partial charge in [-0.05, 0) is 51.3 Å². The van der Waals surface area contributed by atoms with E-state index in [0.29, 0.717) is 17.9 Å². The largest absolute Gasteiger partial charge is 0.417 e. The number of nitriles is 1. The number of piperazine rings is 1. The number of rotatable bonds is 6. The molecule has 1 unspecified atom stereocenters. The molecule has 0 spiro atoms. The minimum absolute atomic E-state index is 0.0544. The van der Waals surface area contributed by atoms with Crippen molar-refractivity contribution >= 4 is 17.5 Å². The van der Waals surface area contributed by atoms with Gasteiger partial charge in [0, 0.05) is 43.3 Å². The van der Waals surface area contributed by atoms with Gasteiger partial charge in [-0.1, -0.05) is 5.16 Å². The number of halogens is 3. The number of aromatic nitrogens is 1. The fraction of sp³-hybridized carbons (Fsp3) is 0.500. The van der Waals surface area contributed by atoms with Crippen molar-refractivity contribution in [2.45, 2.75) is 57.8 Å². The van der Waals surface area contributed by atoms with E-state index in [1.807, 2.05) is 0 Å². The molecule has 1 atom stereocenters. The number of alkyl halides is 3. The number of carbonyl (C=O) groups is 2. The molecule has 1 aromatic carbocycles. The summed E-state index contributed by atoms with van der Waals surface area (Å²) in [5, 5.41) is 15.9. The Bertz CT molecular complexity index is 1150. The summed E-state index contributed by atoms with van der Waals surface area (Å²) in [6.07, 6.45) is -2.37. The molecule has 2 amide bonds. The summed E-state index contributed by atoms with van der Waals surface area (Å²) >= 11 is 0. The second-order valence-electron chi connectivity index (χ2n) is 8.97. The van der Waals surface area contributed by atoms with Crippen LogP contribution in [0.15, 0.2) is 22.7 Å². The fourth-order valence-electron chi connectivity index (χ4n) is 4.36. The zero-order valence-electron chi connectivity index (χ0n) is 19.5. The molecule has 0 radical (unpaired) electrons. The van der Waals surface area contributed by atoms with Crippen molar-refractivity contribution in [3.8, 4) is 6.07 Å². The molecule has 1 aliphatic carbocycles. The summed E-state index contributed by atoms with van der Waals surface area (Å²) in [5.41, 5.74) is 0.341. The molecule has 2 heterocycles. The van der Waals surface area contributed by atoms with E-state index in [4.69, 9.17) is 9.78 Å². The molecule has 186 valence electrons. The molecule has 11 heteroatoms. The van der Waals surface area contributed by atoms with E-state index in [-0.39, 0.29) is 49.6 Å². The van der Waals surface area contributed by atoms with Crippen LogP contribution < -0.4 is 10.2 Å². The van der Waals surface area contributed by atoms with Crippen LogP contribution in [0.3, 0.4) is 0 Å². The maximum absolute atomic E-state index is 13.5. The Balaban J connectivity index is 1.53. The van der Waals surface area contributed by atoms with Crippen LogP contribution in [0.25, 0.3) is 0 Å². The van der Waals surface area contributed by atoms with Crippen LogP contribution in [0.5, 0.6) is 0 Å². The third kappa shape index (κ3) is 5.42. The van der Waals surface area contributed by atoms with Crippen molar-refractivity contribution < 1.29 is 27.3 Å². The number of aryl methyl sites for hydroxylation is 2. The third-order valence-corrected chi connectivity index (χ3v) is 6.49. The molecule has 2 aromatic rings. The molecular formula is C24H26F3N5O3. The number of benzene rings is 1. The maximum Gasteiger partial charge on any atom is 0.417 e. The van der Waals surface area contributed by atoms with E-state index >= 15 is 0 Å². The van der Waals surface area contributed by atoms with Gasteiger partial charge in [0.1, 0.15) is 11.8 Å². The summed E-state index contributed by atoms with van der Waals surface area (Å²) in [6.45, 7) is 4.07. The number of hydrogen-bond acceptors (Lipinski definition) is 6. The highest BCUT2D eigenvalue weighted by atomic mass is 19.4. The van der Waals surface area contributed by atoms with Gasteiger partial charge in [-0.3, -0.25) is 9.59 Å². The quantitative estimate of drug-likeness (QED) is 0.669. The first-order valence-corrected chi connectivity index (χ1v) is 11.5. The Kier molecular flexibility index (Phi) is 6.74. The van der Waals surface area contributed by atoms with Gasteiger partial charge in [0.15, 0.2) is 0 Å². The van der Waals surface area contributed by atoms with Gasteiger partial charge in [-0.2, -0.15) is 18.4 Å². The molecule has 0 bridgehead atoms. The van der Waals surface area contributed by atoms with Crippen LogP contribution in [0.1, 0.15) is 47.4 Å². The van der Waals surface area contributed by atoms with Crippen molar-refractivity contribution in [3.05, 3.63) is 46.3 Å². The predicted molar refractivity (Wildman–Crippen MR) is 119 cm³/mol. The first kappa shape index (κ1) is 24.6. The highest BCUT2D eigenvalue weighted by molar-refractivity contribution is 5.89. The zero-order valence-corrected chi connectivity index (χ0v) is 19.5. The average Bonchev–Trinajstić information content (AvgIpc) is 3.59. The Labute approximate surface area is 200 Å². The normalized spacial score (nSPS) is 18.3. The SMILES string of the molecule is Cc1noc(C)c1CCC(=O)N1CCN(c2ccc(C#N)c(C(F)(F)F)c2)CC1C(=O)NC1CC1. The molecule has 4 rings (SSSR count). The first-order valence-electron chi connectivity index (χ1n) is 11.5. The maximum atomic E-state index is 13.5. The standard InChI is InChI=1S/C24H26F3N5O3/c1-14-19(15(2)35-30-14)7-8-22(33)32-10-9-31(13-21(32)23(34)29-17-4-5-17)18-6-3-16(12-28)20(11-18)24(25,26)27/h3,6,11,17,21H,4-5,7-10,13H2,1-2H3,(H,29,34). The number of nitrogens with zero attached hydrogens (tertiary/aromatic N) is 4. The van der Waals surface area contributed by atoms with E-state index in [0.717, 1.165) is 30.5 Å². The Morgan fingerprint density at radius 2 is 2.00 bits per heavy atom. The number of amides is 2. The van der Waals surface area contributed by atoms with Gasteiger partial charge in [0.05, 0.1) is 22.9 Å². The Morgan fingerprint density at radius 3 is 2.60 bits per heavy atom. The van der Waals surface area contributed by atoms with Crippen molar-refractivity contribution in [1.29, 1.82) is 5.26 Å². The molecule has 1 N–H and O–H groups in total. The molecule has 1 saturated heterocycles. The Hall–Kier alpha value is -3.55. The lowest BCUT2D eigenvalue weighted by Gasteiger charge is -2.42. The van der Waals surface area contributed by atoms with Crippen LogP contribution >= 0.6 is 0 Å². The second kappa shape index (κ2) is 9.60. The lowest BCUT2D eigenvalue weighted by atomic mass is 10.0. The van der Waals surface area contributed by atoms with Crippen LogP contribution in [0, 0.1) is 25.2 Å².